The molecule has 0 aromatic carbocycles. The number of rotatable bonds is 4. The van der Waals surface area contributed by atoms with E-state index in [1.165, 1.54) is 12.4 Å². The highest BCUT2D eigenvalue weighted by Crippen LogP contribution is 2.27. The SMILES string of the molecule is Cc1cc(C)nc(Nc2cc(C)nc(C3CCCN(C(=O)c4cnccn4)C3)n2)n1. The third-order valence-corrected chi connectivity index (χ3v) is 4.95. The first kappa shape index (κ1) is 19.8. The fourth-order valence-corrected chi connectivity index (χ4v) is 3.68. The molecule has 154 valence electrons. The van der Waals surface area contributed by atoms with Gasteiger partial charge >= 0.3 is 0 Å². The van der Waals surface area contributed by atoms with E-state index in [0.29, 0.717) is 30.5 Å². The molecule has 0 spiro atoms. The summed E-state index contributed by atoms with van der Waals surface area (Å²) in [6, 6.07) is 3.79. The molecule has 4 rings (SSSR count). The van der Waals surface area contributed by atoms with Crippen molar-refractivity contribution in [3.63, 3.8) is 0 Å². The van der Waals surface area contributed by atoms with Crippen LogP contribution in [0.4, 0.5) is 11.8 Å². The fraction of sp³-hybridized carbons (Fsp3) is 0.381. The molecule has 0 bridgehead atoms. The molecule has 1 amide bonds. The van der Waals surface area contributed by atoms with Crippen LogP contribution in [-0.2, 0) is 0 Å². The van der Waals surface area contributed by atoms with Gasteiger partial charge in [-0.25, -0.2) is 24.9 Å². The first-order valence-electron chi connectivity index (χ1n) is 9.98. The highest BCUT2D eigenvalue weighted by molar-refractivity contribution is 5.92. The molecule has 1 fully saturated rings. The Bertz CT molecular complexity index is 1040. The molecule has 1 saturated heterocycles. The summed E-state index contributed by atoms with van der Waals surface area (Å²) in [6.45, 7) is 7.05. The Morgan fingerprint density at radius 1 is 1.03 bits per heavy atom. The van der Waals surface area contributed by atoms with Gasteiger partial charge in [-0.05, 0) is 39.7 Å². The Morgan fingerprint density at radius 2 is 1.80 bits per heavy atom. The number of piperidine rings is 1. The van der Waals surface area contributed by atoms with E-state index in [9.17, 15) is 4.79 Å². The van der Waals surface area contributed by atoms with E-state index in [2.05, 4.69) is 30.2 Å². The molecule has 0 radical (unpaired) electrons. The van der Waals surface area contributed by atoms with Crippen LogP contribution in [0.1, 0.15) is 52.2 Å². The number of hydrogen-bond donors (Lipinski definition) is 1. The summed E-state index contributed by atoms with van der Waals surface area (Å²) in [5.41, 5.74) is 2.99. The summed E-state index contributed by atoms with van der Waals surface area (Å²) in [7, 11) is 0. The number of carbonyl (C=O) groups excluding carboxylic acids is 1. The monoisotopic (exact) mass is 404 g/mol. The van der Waals surface area contributed by atoms with E-state index in [4.69, 9.17) is 4.98 Å². The Kier molecular flexibility index (Phi) is 5.60. The van der Waals surface area contributed by atoms with Gasteiger partial charge in [0, 0.05) is 54.5 Å². The lowest BCUT2D eigenvalue weighted by Crippen LogP contribution is -2.40. The maximum Gasteiger partial charge on any atom is 0.274 e. The van der Waals surface area contributed by atoms with Gasteiger partial charge in [0.2, 0.25) is 5.95 Å². The first-order chi connectivity index (χ1) is 14.5. The van der Waals surface area contributed by atoms with Gasteiger partial charge in [-0.1, -0.05) is 0 Å². The van der Waals surface area contributed by atoms with Crippen LogP contribution in [0.2, 0.25) is 0 Å². The van der Waals surface area contributed by atoms with Gasteiger partial charge in [-0.3, -0.25) is 9.78 Å². The van der Waals surface area contributed by atoms with Crippen molar-refractivity contribution in [2.45, 2.75) is 39.5 Å². The van der Waals surface area contributed by atoms with Crippen molar-refractivity contribution in [2.24, 2.45) is 0 Å². The van der Waals surface area contributed by atoms with Gasteiger partial charge in [0.15, 0.2) is 0 Å². The normalized spacial score (nSPS) is 16.4. The summed E-state index contributed by atoms with van der Waals surface area (Å²) in [4.78, 5) is 40.9. The van der Waals surface area contributed by atoms with Gasteiger partial charge < -0.3 is 10.2 Å². The van der Waals surface area contributed by atoms with Crippen LogP contribution in [-0.4, -0.2) is 53.8 Å². The van der Waals surface area contributed by atoms with Crippen LogP contribution < -0.4 is 5.32 Å². The average molecular weight is 404 g/mol. The molecule has 3 aromatic heterocycles. The third-order valence-electron chi connectivity index (χ3n) is 4.95. The zero-order chi connectivity index (χ0) is 21.1. The topological polar surface area (TPSA) is 110 Å². The highest BCUT2D eigenvalue weighted by atomic mass is 16.2. The predicted octanol–water partition coefficient (Wildman–Crippen LogP) is 2.75. The van der Waals surface area contributed by atoms with Crippen LogP contribution in [0.25, 0.3) is 0 Å². The second kappa shape index (κ2) is 8.48. The lowest BCUT2D eigenvalue weighted by molar-refractivity contribution is 0.0698. The quantitative estimate of drug-likeness (QED) is 0.707. The number of hydrogen-bond acceptors (Lipinski definition) is 8. The summed E-state index contributed by atoms with van der Waals surface area (Å²) in [5, 5.41) is 3.19. The maximum absolute atomic E-state index is 12.8. The number of aryl methyl sites for hydroxylation is 3. The largest absolute Gasteiger partial charge is 0.337 e. The van der Waals surface area contributed by atoms with Crippen molar-refractivity contribution in [3.05, 3.63) is 59.3 Å². The fourth-order valence-electron chi connectivity index (χ4n) is 3.68. The minimum atomic E-state index is -0.109. The highest BCUT2D eigenvalue weighted by Gasteiger charge is 2.28. The second-order valence-corrected chi connectivity index (χ2v) is 7.53. The third kappa shape index (κ3) is 4.56. The predicted molar refractivity (Wildman–Crippen MR) is 111 cm³/mol. The van der Waals surface area contributed by atoms with E-state index in [1.807, 2.05) is 37.8 Å². The van der Waals surface area contributed by atoms with Crippen molar-refractivity contribution in [1.29, 1.82) is 0 Å². The van der Waals surface area contributed by atoms with E-state index in [1.54, 1.807) is 6.20 Å². The molecule has 3 aromatic rings. The number of anilines is 2. The lowest BCUT2D eigenvalue weighted by Gasteiger charge is -2.32. The van der Waals surface area contributed by atoms with Gasteiger partial charge in [-0.2, -0.15) is 0 Å². The minimum Gasteiger partial charge on any atom is -0.337 e. The molecular weight excluding hydrogens is 380 g/mol. The van der Waals surface area contributed by atoms with Crippen molar-refractivity contribution in [1.82, 2.24) is 34.8 Å². The Balaban J connectivity index is 1.54. The van der Waals surface area contributed by atoms with E-state index in [0.717, 1.165) is 35.7 Å². The lowest BCUT2D eigenvalue weighted by atomic mass is 9.96. The number of aromatic nitrogens is 6. The maximum atomic E-state index is 12.8. The molecular formula is C21H24N8O. The Morgan fingerprint density at radius 3 is 2.53 bits per heavy atom. The van der Waals surface area contributed by atoms with Gasteiger partial charge in [0.05, 0.1) is 6.20 Å². The summed E-state index contributed by atoms with van der Waals surface area (Å²) in [6.07, 6.45) is 6.40. The summed E-state index contributed by atoms with van der Waals surface area (Å²) >= 11 is 0. The smallest absolute Gasteiger partial charge is 0.274 e. The van der Waals surface area contributed by atoms with Crippen molar-refractivity contribution in [2.75, 3.05) is 18.4 Å². The van der Waals surface area contributed by atoms with Crippen LogP contribution in [0.3, 0.4) is 0 Å². The summed E-state index contributed by atoms with van der Waals surface area (Å²) in [5.74, 6) is 1.83. The molecule has 1 unspecified atom stereocenters. The van der Waals surface area contributed by atoms with E-state index < -0.39 is 0 Å². The van der Waals surface area contributed by atoms with E-state index >= 15 is 0 Å². The van der Waals surface area contributed by atoms with Crippen LogP contribution in [0, 0.1) is 20.8 Å². The zero-order valence-electron chi connectivity index (χ0n) is 17.3. The molecule has 1 atom stereocenters. The molecule has 0 saturated carbocycles. The molecule has 1 aliphatic rings. The first-order valence-corrected chi connectivity index (χ1v) is 9.98. The molecule has 9 heteroatoms. The molecule has 1 aliphatic heterocycles. The van der Waals surface area contributed by atoms with Crippen molar-refractivity contribution in [3.8, 4) is 0 Å². The van der Waals surface area contributed by atoms with Crippen LogP contribution in [0.15, 0.2) is 30.7 Å². The number of amides is 1. The standard InChI is InChI=1S/C21H24N8O/c1-13-9-14(2)26-21(25-13)28-18-10-15(3)24-19(27-18)16-5-4-8-29(12-16)20(30)17-11-22-6-7-23-17/h6-7,9-11,16H,4-5,8,12H2,1-3H3,(H,24,25,26,27,28). The molecule has 9 nitrogen and oxygen atoms in total. The van der Waals surface area contributed by atoms with Crippen molar-refractivity contribution >= 4 is 17.7 Å². The van der Waals surface area contributed by atoms with Gasteiger partial charge in [0.1, 0.15) is 17.3 Å². The number of nitrogens with one attached hydrogen (secondary N) is 1. The minimum absolute atomic E-state index is 0.0555. The Labute approximate surface area is 175 Å². The average Bonchev–Trinajstić information content (AvgIpc) is 2.73. The van der Waals surface area contributed by atoms with Crippen LogP contribution >= 0.6 is 0 Å². The van der Waals surface area contributed by atoms with Crippen molar-refractivity contribution < 1.29 is 4.79 Å². The van der Waals surface area contributed by atoms with Crippen LogP contribution in [0.5, 0.6) is 0 Å². The number of nitrogens with zero attached hydrogens (tertiary/aromatic N) is 7. The molecule has 0 aliphatic carbocycles. The Hall–Kier alpha value is -3.49. The van der Waals surface area contributed by atoms with E-state index in [-0.39, 0.29) is 11.8 Å². The number of carbonyl (C=O) groups is 1. The summed E-state index contributed by atoms with van der Waals surface area (Å²) < 4.78 is 0. The number of likely N-dealkylation sites (tertiary alicyclic amines) is 1. The van der Waals surface area contributed by atoms with Gasteiger partial charge in [0.25, 0.3) is 5.91 Å². The molecule has 1 N–H and O–H groups in total. The second-order valence-electron chi connectivity index (χ2n) is 7.53. The zero-order valence-corrected chi connectivity index (χ0v) is 17.3. The molecule has 30 heavy (non-hydrogen) atoms. The molecule has 4 heterocycles. The van der Waals surface area contributed by atoms with Gasteiger partial charge in [-0.15, -0.1) is 0 Å².